The molecule has 2 N–H and O–H groups in total. The second-order valence-corrected chi connectivity index (χ2v) is 6.99. The molecule has 0 amide bonds. The molecular weight excluding hydrogens is 411 g/mol. The quantitative estimate of drug-likeness (QED) is 0.405. The Morgan fingerprint density at radius 1 is 1.50 bits per heavy atom. The van der Waals surface area contributed by atoms with E-state index in [-0.39, 0.29) is 24.0 Å². The van der Waals surface area contributed by atoms with Crippen molar-refractivity contribution in [3.8, 4) is 0 Å². The summed E-state index contributed by atoms with van der Waals surface area (Å²) in [6, 6.07) is 1.99. The molecule has 1 aliphatic rings. The molecular formula is C15H27IN4OS. The van der Waals surface area contributed by atoms with Gasteiger partial charge in [0.2, 0.25) is 0 Å². The maximum absolute atomic E-state index is 5.32. The summed E-state index contributed by atoms with van der Waals surface area (Å²) in [5.74, 6) is 3.34. The van der Waals surface area contributed by atoms with Gasteiger partial charge in [-0.15, -0.1) is 24.0 Å². The molecule has 126 valence electrons. The van der Waals surface area contributed by atoms with Gasteiger partial charge in [-0.1, -0.05) is 19.0 Å². The van der Waals surface area contributed by atoms with Gasteiger partial charge < -0.3 is 15.2 Å². The first-order valence-corrected chi connectivity index (χ1v) is 8.83. The maximum Gasteiger partial charge on any atom is 0.191 e. The van der Waals surface area contributed by atoms with E-state index in [1.165, 1.54) is 18.6 Å². The highest BCUT2D eigenvalue weighted by Crippen LogP contribution is 2.25. The van der Waals surface area contributed by atoms with Crippen LogP contribution in [0.4, 0.5) is 0 Å². The summed E-state index contributed by atoms with van der Waals surface area (Å²) < 4.78 is 5.32. The van der Waals surface area contributed by atoms with Crippen molar-refractivity contribution in [2.45, 2.75) is 51.3 Å². The summed E-state index contributed by atoms with van der Waals surface area (Å²) in [7, 11) is 0. The molecule has 0 spiro atoms. The first-order valence-electron chi connectivity index (χ1n) is 7.78. The van der Waals surface area contributed by atoms with Crippen LogP contribution < -0.4 is 10.6 Å². The average molecular weight is 438 g/mol. The summed E-state index contributed by atoms with van der Waals surface area (Å²) >= 11 is 2.05. The molecule has 0 aromatic carbocycles. The maximum atomic E-state index is 5.32. The molecule has 0 bridgehead atoms. The van der Waals surface area contributed by atoms with Crippen molar-refractivity contribution in [2.24, 2.45) is 4.99 Å². The third-order valence-electron chi connectivity index (χ3n) is 3.43. The lowest BCUT2D eigenvalue weighted by Crippen LogP contribution is -2.40. The van der Waals surface area contributed by atoms with E-state index in [1.807, 2.05) is 17.8 Å². The number of hydrogen-bond donors (Lipinski definition) is 2. The summed E-state index contributed by atoms with van der Waals surface area (Å²) in [5, 5.41) is 11.5. The summed E-state index contributed by atoms with van der Waals surface area (Å²) in [5.41, 5.74) is 0.987. The number of guanidine groups is 1. The molecule has 0 aliphatic carbocycles. The highest BCUT2D eigenvalue weighted by Gasteiger charge is 2.15. The normalized spacial score (nSPS) is 18.4. The van der Waals surface area contributed by atoms with Crippen molar-refractivity contribution in [3.63, 3.8) is 0 Å². The minimum absolute atomic E-state index is 0. The Bertz CT molecular complexity index is 458. The third-order valence-corrected chi connectivity index (χ3v) is 4.83. The Hall–Kier alpha value is -0.440. The van der Waals surface area contributed by atoms with E-state index in [4.69, 9.17) is 4.52 Å². The van der Waals surface area contributed by atoms with Crippen LogP contribution in [0.15, 0.2) is 15.6 Å². The van der Waals surface area contributed by atoms with Crippen LogP contribution in [0, 0.1) is 0 Å². The van der Waals surface area contributed by atoms with Gasteiger partial charge in [-0.2, -0.15) is 11.8 Å². The number of aliphatic imine (C=N–C) groups is 1. The van der Waals surface area contributed by atoms with Crippen LogP contribution in [0.5, 0.6) is 0 Å². The lowest BCUT2D eigenvalue weighted by atomic mass is 10.1. The molecule has 1 fully saturated rings. The summed E-state index contributed by atoms with van der Waals surface area (Å²) in [6.07, 6.45) is 2.64. The highest BCUT2D eigenvalue weighted by atomic mass is 127. The Kier molecular flexibility index (Phi) is 9.23. The highest BCUT2D eigenvalue weighted by molar-refractivity contribution is 14.0. The van der Waals surface area contributed by atoms with Gasteiger partial charge in [0.05, 0.1) is 5.69 Å². The molecule has 1 atom stereocenters. The molecule has 1 aromatic heterocycles. The van der Waals surface area contributed by atoms with E-state index >= 15 is 0 Å². The number of rotatable bonds is 6. The molecule has 2 heterocycles. The van der Waals surface area contributed by atoms with E-state index in [2.05, 4.69) is 41.6 Å². The Balaban J connectivity index is 0.00000242. The van der Waals surface area contributed by atoms with Gasteiger partial charge in [0.25, 0.3) is 0 Å². The van der Waals surface area contributed by atoms with Crippen LogP contribution >= 0.6 is 35.7 Å². The molecule has 1 unspecified atom stereocenters. The lowest BCUT2D eigenvalue weighted by molar-refractivity contribution is 0.376. The number of hydrogen-bond acceptors (Lipinski definition) is 4. The molecule has 1 aromatic rings. The standard InChI is InChI=1S/C15H26N4OS.HI/c1-4-16-15(18-10-13-6-5-7-21-13)17-9-12-8-14(11(2)3)19-20-12;/h8,11,13H,4-7,9-10H2,1-3H3,(H2,16,17,18);1H. The van der Waals surface area contributed by atoms with Crippen molar-refractivity contribution in [2.75, 3.05) is 18.8 Å². The molecule has 2 rings (SSSR count). The summed E-state index contributed by atoms with van der Waals surface area (Å²) in [4.78, 5) is 4.57. The topological polar surface area (TPSA) is 62.5 Å². The van der Waals surface area contributed by atoms with Crippen LogP contribution in [0.25, 0.3) is 0 Å². The van der Waals surface area contributed by atoms with Gasteiger partial charge in [0.15, 0.2) is 11.7 Å². The van der Waals surface area contributed by atoms with Gasteiger partial charge >= 0.3 is 0 Å². The molecule has 1 saturated heterocycles. The molecule has 0 radical (unpaired) electrons. The van der Waals surface area contributed by atoms with Crippen molar-refractivity contribution >= 4 is 41.7 Å². The zero-order chi connectivity index (χ0) is 15.1. The zero-order valence-electron chi connectivity index (χ0n) is 13.6. The predicted molar refractivity (Wildman–Crippen MR) is 104 cm³/mol. The fraction of sp³-hybridized carbons (Fsp3) is 0.733. The fourth-order valence-electron chi connectivity index (χ4n) is 2.19. The lowest BCUT2D eigenvalue weighted by Gasteiger charge is -2.14. The zero-order valence-corrected chi connectivity index (χ0v) is 16.7. The monoisotopic (exact) mass is 438 g/mol. The minimum Gasteiger partial charge on any atom is -0.359 e. The fourth-order valence-corrected chi connectivity index (χ4v) is 3.39. The van der Waals surface area contributed by atoms with Crippen molar-refractivity contribution in [1.82, 2.24) is 15.8 Å². The number of halogens is 1. The van der Waals surface area contributed by atoms with E-state index in [0.717, 1.165) is 30.5 Å². The van der Waals surface area contributed by atoms with E-state index in [1.54, 1.807) is 0 Å². The first kappa shape index (κ1) is 19.6. The number of nitrogens with zero attached hydrogens (tertiary/aromatic N) is 2. The minimum atomic E-state index is 0. The second-order valence-electron chi connectivity index (χ2n) is 5.58. The van der Waals surface area contributed by atoms with Crippen molar-refractivity contribution < 1.29 is 4.52 Å². The van der Waals surface area contributed by atoms with E-state index in [0.29, 0.717) is 17.7 Å². The largest absolute Gasteiger partial charge is 0.359 e. The second kappa shape index (κ2) is 10.4. The van der Waals surface area contributed by atoms with Gasteiger partial charge in [-0.05, 0) is 31.4 Å². The van der Waals surface area contributed by atoms with E-state index in [9.17, 15) is 0 Å². The van der Waals surface area contributed by atoms with Crippen LogP contribution in [0.2, 0.25) is 0 Å². The molecule has 0 saturated carbocycles. The van der Waals surface area contributed by atoms with Gasteiger partial charge in [0, 0.05) is 24.4 Å². The third kappa shape index (κ3) is 6.36. The van der Waals surface area contributed by atoms with Crippen LogP contribution in [0.3, 0.4) is 0 Å². The van der Waals surface area contributed by atoms with Crippen LogP contribution in [-0.4, -0.2) is 35.2 Å². The smallest absolute Gasteiger partial charge is 0.191 e. The van der Waals surface area contributed by atoms with Gasteiger partial charge in [-0.3, -0.25) is 0 Å². The van der Waals surface area contributed by atoms with Crippen molar-refractivity contribution in [1.29, 1.82) is 0 Å². The first-order chi connectivity index (χ1) is 10.2. The Morgan fingerprint density at radius 2 is 2.32 bits per heavy atom. The van der Waals surface area contributed by atoms with Gasteiger partial charge in [-0.25, -0.2) is 4.99 Å². The molecule has 5 nitrogen and oxygen atoms in total. The molecule has 22 heavy (non-hydrogen) atoms. The predicted octanol–water partition coefficient (Wildman–Crippen LogP) is 3.37. The number of thioether (sulfide) groups is 1. The SMILES string of the molecule is CCNC(=NCc1cc(C(C)C)no1)NCC1CCCS1.I. The summed E-state index contributed by atoms with van der Waals surface area (Å²) in [6.45, 7) is 8.65. The molecule has 7 heteroatoms. The Labute approximate surface area is 154 Å². The average Bonchev–Trinajstić information content (AvgIpc) is 3.13. The van der Waals surface area contributed by atoms with Crippen LogP contribution in [0.1, 0.15) is 51.0 Å². The van der Waals surface area contributed by atoms with Crippen molar-refractivity contribution in [3.05, 3.63) is 17.5 Å². The number of nitrogens with one attached hydrogen (secondary N) is 2. The molecule has 1 aliphatic heterocycles. The van der Waals surface area contributed by atoms with Gasteiger partial charge in [0.1, 0.15) is 6.54 Å². The Morgan fingerprint density at radius 3 is 2.91 bits per heavy atom. The van der Waals surface area contributed by atoms with Crippen LogP contribution in [-0.2, 0) is 6.54 Å². The number of aromatic nitrogens is 1. The van der Waals surface area contributed by atoms with E-state index < -0.39 is 0 Å².